The number of anilines is 1. The Labute approximate surface area is 147 Å². The van der Waals surface area contributed by atoms with Gasteiger partial charge in [0.25, 0.3) is 5.56 Å². The van der Waals surface area contributed by atoms with Gasteiger partial charge in [-0.25, -0.2) is 0 Å². The van der Waals surface area contributed by atoms with Crippen molar-refractivity contribution in [1.82, 2.24) is 29.5 Å². The highest BCUT2D eigenvalue weighted by Crippen LogP contribution is 2.35. The van der Waals surface area contributed by atoms with E-state index in [4.69, 9.17) is 11.6 Å². The molecule has 4 rings (SSSR count). The fourth-order valence-corrected chi connectivity index (χ4v) is 3.30. The van der Waals surface area contributed by atoms with Gasteiger partial charge in [-0.05, 0) is 12.1 Å². The number of aryl methyl sites for hydroxylation is 1. The second kappa shape index (κ2) is 5.32. The fourth-order valence-electron chi connectivity index (χ4n) is 3.01. The Morgan fingerprint density at radius 1 is 1.24 bits per heavy atom. The summed E-state index contributed by atoms with van der Waals surface area (Å²) in [6.45, 7) is 0. The van der Waals surface area contributed by atoms with E-state index in [0.29, 0.717) is 33.3 Å². The average Bonchev–Trinajstić information content (AvgIpc) is 3.14. The molecule has 3 heterocycles. The molecule has 0 aliphatic heterocycles. The maximum atomic E-state index is 12.9. The van der Waals surface area contributed by atoms with E-state index in [0.717, 1.165) is 10.9 Å². The van der Waals surface area contributed by atoms with Crippen molar-refractivity contribution in [2.75, 3.05) is 19.0 Å². The number of fused-ring (bicyclic) bond motifs is 2. The summed E-state index contributed by atoms with van der Waals surface area (Å²) >= 11 is 6.58. The predicted octanol–water partition coefficient (Wildman–Crippen LogP) is 1.93. The van der Waals surface area contributed by atoms with Gasteiger partial charge in [-0.2, -0.15) is 15.2 Å². The van der Waals surface area contributed by atoms with Crippen molar-refractivity contribution in [1.29, 1.82) is 0 Å². The molecule has 0 unspecified atom stereocenters. The van der Waals surface area contributed by atoms with E-state index >= 15 is 0 Å². The first-order valence-corrected chi connectivity index (χ1v) is 8.01. The molecule has 9 heteroatoms. The molecule has 25 heavy (non-hydrogen) atoms. The number of aromatic amines is 1. The van der Waals surface area contributed by atoms with Crippen LogP contribution in [-0.2, 0) is 14.1 Å². The SMILES string of the molecule is CN(C)c1nc2[nH]nc(-c3ccc4nn(C)cc4c3Cl)c2c(=O)n1C. The van der Waals surface area contributed by atoms with Gasteiger partial charge >= 0.3 is 0 Å². The molecule has 4 aromatic rings. The molecule has 0 saturated carbocycles. The molecule has 1 N–H and O–H groups in total. The van der Waals surface area contributed by atoms with Gasteiger partial charge in [0.05, 0.1) is 10.5 Å². The lowest BCUT2D eigenvalue weighted by atomic mass is 10.1. The predicted molar refractivity (Wildman–Crippen MR) is 98.2 cm³/mol. The first kappa shape index (κ1) is 15.6. The molecule has 0 aliphatic carbocycles. The molecule has 0 bridgehead atoms. The van der Waals surface area contributed by atoms with Crippen LogP contribution in [0, 0.1) is 0 Å². The van der Waals surface area contributed by atoms with E-state index in [1.54, 1.807) is 16.6 Å². The Morgan fingerprint density at radius 2 is 2.00 bits per heavy atom. The van der Waals surface area contributed by atoms with Crippen molar-refractivity contribution in [3.05, 3.63) is 33.7 Å². The van der Waals surface area contributed by atoms with Crippen LogP contribution in [-0.4, -0.2) is 43.6 Å². The molecule has 0 amide bonds. The minimum atomic E-state index is -0.181. The second-order valence-corrected chi connectivity index (χ2v) is 6.51. The molecule has 0 radical (unpaired) electrons. The molecule has 0 saturated heterocycles. The van der Waals surface area contributed by atoms with Gasteiger partial charge in [-0.1, -0.05) is 11.6 Å². The third-order valence-electron chi connectivity index (χ3n) is 4.17. The summed E-state index contributed by atoms with van der Waals surface area (Å²) in [5, 5.41) is 13.2. The van der Waals surface area contributed by atoms with Crippen LogP contribution in [0.3, 0.4) is 0 Å². The minimum absolute atomic E-state index is 0.181. The summed E-state index contributed by atoms with van der Waals surface area (Å²) < 4.78 is 3.20. The van der Waals surface area contributed by atoms with E-state index in [2.05, 4.69) is 20.3 Å². The van der Waals surface area contributed by atoms with Crippen molar-refractivity contribution in [3.63, 3.8) is 0 Å². The molecule has 1 aromatic carbocycles. The summed E-state index contributed by atoms with van der Waals surface area (Å²) in [6, 6.07) is 3.69. The molecular weight excluding hydrogens is 342 g/mol. The van der Waals surface area contributed by atoms with E-state index in [-0.39, 0.29) is 5.56 Å². The Bertz CT molecular complexity index is 1180. The van der Waals surface area contributed by atoms with Crippen LogP contribution < -0.4 is 10.5 Å². The summed E-state index contributed by atoms with van der Waals surface area (Å²) in [5.41, 5.74) is 2.20. The highest BCUT2D eigenvalue weighted by Gasteiger charge is 2.20. The van der Waals surface area contributed by atoms with Gasteiger partial charge in [0.1, 0.15) is 11.1 Å². The number of halogens is 1. The number of H-pyrrole nitrogens is 1. The van der Waals surface area contributed by atoms with Crippen molar-refractivity contribution in [2.45, 2.75) is 0 Å². The lowest BCUT2D eigenvalue weighted by Gasteiger charge is -2.14. The maximum Gasteiger partial charge on any atom is 0.266 e. The lowest BCUT2D eigenvalue weighted by molar-refractivity contribution is 0.780. The van der Waals surface area contributed by atoms with Gasteiger partial charge in [0, 0.05) is 45.3 Å². The van der Waals surface area contributed by atoms with Crippen molar-refractivity contribution >= 4 is 39.5 Å². The zero-order valence-corrected chi connectivity index (χ0v) is 15.0. The van der Waals surface area contributed by atoms with Crippen LogP contribution in [0.4, 0.5) is 5.95 Å². The van der Waals surface area contributed by atoms with Crippen molar-refractivity contribution in [2.24, 2.45) is 14.1 Å². The molecule has 0 atom stereocenters. The highest BCUT2D eigenvalue weighted by atomic mass is 35.5. The molecule has 128 valence electrons. The molecule has 3 aromatic heterocycles. The fraction of sp³-hybridized carbons (Fsp3) is 0.250. The Morgan fingerprint density at radius 3 is 2.72 bits per heavy atom. The molecule has 0 spiro atoms. The van der Waals surface area contributed by atoms with Crippen molar-refractivity contribution in [3.8, 4) is 11.3 Å². The Hall–Kier alpha value is -2.87. The number of rotatable bonds is 2. The number of aromatic nitrogens is 6. The van der Waals surface area contributed by atoms with Gasteiger partial charge in [0.2, 0.25) is 5.95 Å². The smallest absolute Gasteiger partial charge is 0.266 e. The second-order valence-electron chi connectivity index (χ2n) is 6.13. The van der Waals surface area contributed by atoms with Crippen LogP contribution >= 0.6 is 11.6 Å². The zero-order chi connectivity index (χ0) is 17.9. The summed E-state index contributed by atoms with van der Waals surface area (Å²) in [4.78, 5) is 19.1. The number of nitrogens with one attached hydrogen (secondary N) is 1. The van der Waals surface area contributed by atoms with E-state index in [1.165, 1.54) is 4.57 Å². The van der Waals surface area contributed by atoms with E-state index < -0.39 is 0 Å². The Kier molecular flexibility index (Phi) is 3.33. The molecular formula is C16H16ClN7O. The molecule has 8 nitrogen and oxygen atoms in total. The number of hydrogen-bond donors (Lipinski definition) is 1. The van der Waals surface area contributed by atoms with Crippen LogP contribution in [0.1, 0.15) is 0 Å². The van der Waals surface area contributed by atoms with E-state index in [1.807, 2.05) is 39.5 Å². The first-order chi connectivity index (χ1) is 11.9. The van der Waals surface area contributed by atoms with Crippen LogP contribution in [0.5, 0.6) is 0 Å². The van der Waals surface area contributed by atoms with Gasteiger partial charge < -0.3 is 4.90 Å². The van der Waals surface area contributed by atoms with Crippen LogP contribution in [0.25, 0.3) is 33.2 Å². The summed E-state index contributed by atoms with van der Waals surface area (Å²) in [6.07, 6.45) is 1.84. The highest BCUT2D eigenvalue weighted by molar-refractivity contribution is 6.38. The standard InChI is InChI=1S/C16H16ClN7O/c1-22(2)16-18-14-11(15(25)24(16)4)13(19-20-14)8-5-6-10-9(12(8)17)7-23(3)21-10/h5-7H,1-4H3,(H,19,20). The maximum absolute atomic E-state index is 12.9. The molecule has 0 fully saturated rings. The van der Waals surface area contributed by atoms with E-state index in [9.17, 15) is 4.79 Å². The van der Waals surface area contributed by atoms with Gasteiger partial charge in [-0.15, -0.1) is 0 Å². The summed E-state index contributed by atoms with van der Waals surface area (Å²) in [5.74, 6) is 0.543. The molecule has 0 aliphatic rings. The third kappa shape index (κ3) is 2.21. The number of benzene rings is 1. The Balaban J connectivity index is 2.04. The van der Waals surface area contributed by atoms with Gasteiger partial charge in [0.15, 0.2) is 5.65 Å². The largest absolute Gasteiger partial charge is 0.348 e. The minimum Gasteiger partial charge on any atom is -0.348 e. The van der Waals surface area contributed by atoms with Crippen molar-refractivity contribution < 1.29 is 0 Å². The van der Waals surface area contributed by atoms with Gasteiger partial charge in [-0.3, -0.25) is 19.1 Å². The normalized spacial score (nSPS) is 11.6. The zero-order valence-electron chi connectivity index (χ0n) is 14.2. The summed E-state index contributed by atoms with van der Waals surface area (Å²) in [7, 11) is 7.19. The lowest BCUT2D eigenvalue weighted by Crippen LogP contribution is -2.26. The number of nitrogens with zero attached hydrogens (tertiary/aromatic N) is 6. The third-order valence-corrected chi connectivity index (χ3v) is 4.58. The topological polar surface area (TPSA) is 84.6 Å². The van der Waals surface area contributed by atoms with Crippen LogP contribution in [0.15, 0.2) is 23.1 Å². The average molecular weight is 358 g/mol. The quantitative estimate of drug-likeness (QED) is 0.592. The number of hydrogen-bond acceptors (Lipinski definition) is 5. The van der Waals surface area contributed by atoms with Crippen LogP contribution in [0.2, 0.25) is 5.02 Å². The monoisotopic (exact) mass is 357 g/mol. The first-order valence-electron chi connectivity index (χ1n) is 7.63.